The smallest absolute Gasteiger partial charge is 0.332 e. The first-order chi connectivity index (χ1) is 4.16. The summed E-state index contributed by atoms with van der Waals surface area (Å²) in [6.07, 6.45) is 0. The van der Waals surface area contributed by atoms with E-state index in [4.69, 9.17) is 5.11 Å². The summed E-state index contributed by atoms with van der Waals surface area (Å²) in [6, 6.07) is 0. The van der Waals surface area contributed by atoms with Crippen molar-refractivity contribution < 1.29 is 19.4 Å². The summed E-state index contributed by atoms with van der Waals surface area (Å²) >= 11 is 0. The Kier molecular flexibility index (Phi) is 3.38. The maximum atomic E-state index is 10.0. The first-order valence-corrected chi connectivity index (χ1v) is 2.21. The summed E-state index contributed by atoms with van der Waals surface area (Å²) in [7, 11) is 0. The molecule has 0 aliphatic heterocycles. The van der Waals surface area contributed by atoms with Gasteiger partial charge in [-0.25, -0.2) is 4.79 Å². The standard InChI is InChI=1S/C4H7NO4/c5-3(7)2-9-4(8)1-6/h6H,1-2H2,(H2,5,7). The molecule has 5 nitrogen and oxygen atoms in total. The highest BCUT2D eigenvalue weighted by molar-refractivity contribution is 5.79. The molecule has 3 N–H and O–H groups in total. The number of hydrogen-bond donors (Lipinski definition) is 2. The van der Waals surface area contributed by atoms with E-state index in [1.54, 1.807) is 0 Å². The molecule has 0 aromatic heterocycles. The van der Waals surface area contributed by atoms with Gasteiger partial charge < -0.3 is 15.6 Å². The predicted molar refractivity (Wildman–Crippen MR) is 27.2 cm³/mol. The molecule has 0 aliphatic rings. The van der Waals surface area contributed by atoms with Crippen molar-refractivity contribution >= 4 is 11.9 Å². The van der Waals surface area contributed by atoms with E-state index in [2.05, 4.69) is 10.5 Å². The second kappa shape index (κ2) is 3.85. The molecule has 0 aromatic carbocycles. The Morgan fingerprint density at radius 1 is 1.56 bits per heavy atom. The highest BCUT2D eigenvalue weighted by Gasteiger charge is 2.00. The number of aliphatic hydroxyl groups excluding tert-OH is 1. The lowest BCUT2D eigenvalue weighted by Gasteiger charge is -1.96. The van der Waals surface area contributed by atoms with Crippen LogP contribution < -0.4 is 5.73 Å². The van der Waals surface area contributed by atoms with Gasteiger partial charge in [0.15, 0.2) is 6.61 Å². The zero-order valence-corrected chi connectivity index (χ0v) is 4.66. The van der Waals surface area contributed by atoms with Gasteiger partial charge in [-0.05, 0) is 0 Å². The Balaban J connectivity index is 3.28. The Labute approximate surface area is 51.4 Å². The van der Waals surface area contributed by atoms with Crippen molar-refractivity contribution in [2.75, 3.05) is 13.2 Å². The fourth-order valence-corrected chi connectivity index (χ4v) is 0.197. The van der Waals surface area contributed by atoms with E-state index in [1.165, 1.54) is 0 Å². The molecule has 5 heteroatoms. The summed E-state index contributed by atoms with van der Waals surface area (Å²) in [5.41, 5.74) is 4.60. The molecule has 1 amide bonds. The van der Waals surface area contributed by atoms with Crippen molar-refractivity contribution in [1.82, 2.24) is 0 Å². The number of amides is 1. The van der Waals surface area contributed by atoms with E-state index in [0.717, 1.165) is 0 Å². The van der Waals surface area contributed by atoms with Crippen molar-refractivity contribution in [3.63, 3.8) is 0 Å². The second-order valence-electron chi connectivity index (χ2n) is 1.29. The molecule has 0 heterocycles. The fourth-order valence-electron chi connectivity index (χ4n) is 0.197. The van der Waals surface area contributed by atoms with Crippen LogP contribution in [0, 0.1) is 0 Å². The van der Waals surface area contributed by atoms with E-state index in [9.17, 15) is 9.59 Å². The molecule has 52 valence electrons. The van der Waals surface area contributed by atoms with Gasteiger partial charge >= 0.3 is 5.97 Å². The van der Waals surface area contributed by atoms with Crippen LogP contribution in [0.3, 0.4) is 0 Å². The molecule has 0 saturated carbocycles. The molecule has 0 spiro atoms. The van der Waals surface area contributed by atoms with E-state index >= 15 is 0 Å². The van der Waals surface area contributed by atoms with Crippen LogP contribution in [0.4, 0.5) is 0 Å². The highest BCUT2D eigenvalue weighted by Crippen LogP contribution is 1.73. The number of primary amides is 1. The number of carbonyl (C=O) groups is 2. The quantitative estimate of drug-likeness (QED) is 0.436. The third kappa shape index (κ3) is 4.76. The molecular formula is C4H7NO4. The summed E-state index contributed by atoms with van der Waals surface area (Å²) in [4.78, 5) is 19.9. The number of hydrogen-bond acceptors (Lipinski definition) is 4. The Morgan fingerprint density at radius 2 is 2.11 bits per heavy atom. The van der Waals surface area contributed by atoms with Crippen molar-refractivity contribution in [3.05, 3.63) is 0 Å². The SMILES string of the molecule is NC(=O)COC(=O)CO. The maximum Gasteiger partial charge on any atom is 0.332 e. The number of rotatable bonds is 3. The molecule has 0 radical (unpaired) electrons. The van der Waals surface area contributed by atoms with Crippen LogP contribution in [0.1, 0.15) is 0 Å². The number of aliphatic hydroxyl groups is 1. The number of carbonyl (C=O) groups excluding carboxylic acids is 2. The monoisotopic (exact) mass is 133 g/mol. The van der Waals surface area contributed by atoms with Crippen molar-refractivity contribution in [3.8, 4) is 0 Å². The molecule has 0 aliphatic carbocycles. The van der Waals surface area contributed by atoms with Crippen LogP contribution in [0.5, 0.6) is 0 Å². The van der Waals surface area contributed by atoms with Gasteiger partial charge in [0.1, 0.15) is 6.61 Å². The summed E-state index contributed by atoms with van der Waals surface area (Å²) < 4.78 is 4.09. The van der Waals surface area contributed by atoms with Crippen molar-refractivity contribution in [2.45, 2.75) is 0 Å². The molecule has 0 unspecified atom stereocenters. The number of nitrogens with two attached hydrogens (primary N) is 1. The summed E-state index contributed by atoms with van der Waals surface area (Å²) in [5, 5.41) is 8.02. The van der Waals surface area contributed by atoms with Gasteiger partial charge in [-0.3, -0.25) is 4.79 Å². The lowest BCUT2D eigenvalue weighted by molar-refractivity contribution is -0.150. The fraction of sp³-hybridized carbons (Fsp3) is 0.500. The normalized spacial score (nSPS) is 8.56. The predicted octanol–water partition coefficient (Wildman–Crippen LogP) is -1.99. The molecule has 0 rings (SSSR count). The van der Waals surface area contributed by atoms with Gasteiger partial charge in [0.2, 0.25) is 0 Å². The zero-order valence-electron chi connectivity index (χ0n) is 4.66. The third-order valence-electron chi connectivity index (χ3n) is 0.505. The Hall–Kier alpha value is -1.10. The maximum absolute atomic E-state index is 10.0. The molecule has 0 atom stereocenters. The van der Waals surface area contributed by atoms with Crippen LogP contribution in [0.25, 0.3) is 0 Å². The van der Waals surface area contributed by atoms with Crippen LogP contribution >= 0.6 is 0 Å². The van der Waals surface area contributed by atoms with Crippen LogP contribution in [0.15, 0.2) is 0 Å². The molecule has 9 heavy (non-hydrogen) atoms. The Bertz CT molecular complexity index is 122. The third-order valence-corrected chi connectivity index (χ3v) is 0.505. The van der Waals surface area contributed by atoms with Crippen molar-refractivity contribution in [1.29, 1.82) is 0 Å². The van der Waals surface area contributed by atoms with Gasteiger partial charge in [0.05, 0.1) is 0 Å². The lowest BCUT2D eigenvalue weighted by atomic mass is 10.6. The molecule has 0 saturated heterocycles. The molecule has 0 fully saturated rings. The molecule has 0 bridgehead atoms. The minimum atomic E-state index is -0.853. The van der Waals surface area contributed by atoms with Crippen molar-refractivity contribution in [2.24, 2.45) is 5.73 Å². The molecular weight excluding hydrogens is 126 g/mol. The van der Waals surface area contributed by atoms with Gasteiger partial charge in [-0.1, -0.05) is 0 Å². The van der Waals surface area contributed by atoms with E-state index < -0.39 is 25.1 Å². The average molecular weight is 133 g/mol. The second-order valence-corrected chi connectivity index (χ2v) is 1.29. The van der Waals surface area contributed by atoms with Crippen LogP contribution in [-0.2, 0) is 14.3 Å². The Morgan fingerprint density at radius 3 is 2.44 bits per heavy atom. The summed E-state index contributed by atoms with van der Waals surface area (Å²) in [5.74, 6) is -1.59. The number of ether oxygens (including phenoxy) is 1. The summed E-state index contributed by atoms with van der Waals surface area (Å²) in [6.45, 7) is -1.20. The highest BCUT2D eigenvalue weighted by atomic mass is 16.5. The van der Waals surface area contributed by atoms with E-state index in [1.807, 2.05) is 0 Å². The minimum absolute atomic E-state index is 0.473. The van der Waals surface area contributed by atoms with Crippen LogP contribution in [-0.4, -0.2) is 30.2 Å². The first kappa shape index (κ1) is 7.90. The topological polar surface area (TPSA) is 89.6 Å². The zero-order chi connectivity index (χ0) is 7.28. The lowest BCUT2D eigenvalue weighted by Crippen LogP contribution is -2.22. The van der Waals surface area contributed by atoms with Gasteiger partial charge in [-0.15, -0.1) is 0 Å². The van der Waals surface area contributed by atoms with E-state index in [-0.39, 0.29) is 0 Å². The minimum Gasteiger partial charge on any atom is -0.454 e. The van der Waals surface area contributed by atoms with E-state index in [0.29, 0.717) is 0 Å². The number of esters is 1. The average Bonchev–Trinajstić information content (AvgIpc) is 1.83. The van der Waals surface area contributed by atoms with Gasteiger partial charge in [0, 0.05) is 0 Å². The van der Waals surface area contributed by atoms with Gasteiger partial charge in [0.25, 0.3) is 5.91 Å². The van der Waals surface area contributed by atoms with Gasteiger partial charge in [-0.2, -0.15) is 0 Å². The van der Waals surface area contributed by atoms with Crippen LogP contribution in [0.2, 0.25) is 0 Å². The largest absolute Gasteiger partial charge is 0.454 e. The molecule has 0 aromatic rings. The first-order valence-electron chi connectivity index (χ1n) is 2.21.